The minimum absolute atomic E-state index is 0.241. The summed E-state index contributed by atoms with van der Waals surface area (Å²) in [6.07, 6.45) is 10.4. The number of nitrogens with one attached hydrogen (secondary N) is 1. The van der Waals surface area contributed by atoms with Crippen LogP contribution in [0.15, 0.2) is 30.3 Å². The van der Waals surface area contributed by atoms with Crippen LogP contribution in [-0.2, 0) is 10.2 Å². The number of benzene rings is 1. The van der Waals surface area contributed by atoms with E-state index in [4.69, 9.17) is 5.73 Å². The van der Waals surface area contributed by atoms with Gasteiger partial charge >= 0.3 is 0 Å². The summed E-state index contributed by atoms with van der Waals surface area (Å²) >= 11 is 0. The summed E-state index contributed by atoms with van der Waals surface area (Å²) in [6.45, 7) is 2.49. The fourth-order valence-electron chi connectivity index (χ4n) is 7.70. The molecule has 1 aromatic carbocycles. The van der Waals surface area contributed by atoms with Gasteiger partial charge in [0, 0.05) is 18.0 Å². The van der Waals surface area contributed by atoms with E-state index in [2.05, 4.69) is 42.6 Å². The van der Waals surface area contributed by atoms with Crippen LogP contribution in [0.25, 0.3) is 0 Å². The maximum Gasteiger partial charge on any atom is 0.223 e. The summed E-state index contributed by atoms with van der Waals surface area (Å²) in [7, 11) is 0. The quantitative estimate of drug-likeness (QED) is 0.844. The molecule has 3 N–H and O–H groups in total. The first-order chi connectivity index (χ1) is 13.0. The average Bonchev–Trinajstić information content (AvgIpc) is 2.63. The maximum atomic E-state index is 13.3. The molecule has 3 heteroatoms. The van der Waals surface area contributed by atoms with Gasteiger partial charge in [0.25, 0.3) is 0 Å². The largest absolute Gasteiger partial charge is 0.353 e. The van der Waals surface area contributed by atoms with Gasteiger partial charge in [-0.2, -0.15) is 0 Å². The number of hydrogen-bond acceptors (Lipinski definition) is 2. The Balaban J connectivity index is 1.35. The van der Waals surface area contributed by atoms with Crippen LogP contribution in [0.1, 0.15) is 70.3 Å². The van der Waals surface area contributed by atoms with Gasteiger partial charge in [0.1, 0.15) is 0 Å². The maximum absolute atomic E-state index is 13.3. The normalized spacial score (nSPS) is 45.6. The molecule has 5 fully saturated rings. The van der Waals surface area contributed by atoms with E-state index < -0.39 is 0 Å². The van der Waals surface area contributed by atoms with E-state index in [0.717, 1.165) is 25.7 Å². The van der Waals surface area contributed by atoms with E-state index in [-0.39, 0.29) is 5.92 Å². The monoisotopic (exact) mass is 366 g/mol. The lowest BCUT2D eigenvalue weighted by molar-refractivity contribution is -0.149. The first-order valence-corrected chi connectivity index (χ1v) is 11.1. The van der Waals surface area contributed by atoms with Crippen LogP contribution >= 0.6 is 0 Å². The van der Waals surface area contributed by atoms with E-state index in [1.165, 1.54) is 37.7 Å². The highest BCUT2D eigenvalue weighted by molar-refractivity contribution is 5.80. The Morgan fingerprint density at radius 3 is 2.26 bits per heavy atom. The average molecular weight is 367 g/mol. The van der Waals surface area contributed by atoms with Crippen LogP contribution in [0.2, 0.25) is 0 Å². The molecule has 3 nitrogen and oxygen atoms in total. The molecular weight excluding hydrogens is 332 g/mol. The number of hydrogen-bond donors (Lipinski definition) is 2. The minimum Gasteiger partial charge on any atom is -0.353 e. The van der Waals surface area contributed by atoms with Crippen LogP contribution in [0.5, 0.6) is 0 Å². The highest BCUT2D eigenvalue weighted by Crippen LogP contribution is 2.67. The highest BCUT2D eigenvalue weighted by atomic mass is 16.2. The molecule has 2 unspecified atom stereocenters. The molecule has 1 amide bonds. The third kappa shape index (κ3) is 3.03. The fraction of sp³-hybridized carbons (Fsp3) is 0.708. The van der Waals surface area contributed by atoms with E-state index in [1.807, 2.05) is 0 Å². The van der Waals surface area contributed by atoms with Crippen molar-refractivity contribution in [2.75, 3.05) is 0 Å². The Morgan fingerprint density at radius 1 is 1.00 bits per heavy atom. The van der Waals surface area contributed by atoms with E-state index >= 15 is 0 Å². The molecular formula is C24H34N2O. The number of amides is 1. The number of nitrogens with two attached hydrogens (primary N) is 1. The van der Waals surface area contributed by atoms with Crippen molar-refractivity contribution in [2.45, 2.75) is 82.2 Å². The van der Waals surface area contributed by atoms with E-state index in [0.29, 0.717) is 40.7 Å². The van der Waals surface area contributed by atoms with Gasteiger partial charge in [-0.3, -0.25) is 4.79 Å². The first-order valence-electron chi connectivity index (χ1n) is 11.1. The van der Waals surface area contributed by atoms with Crippen molar-refractivity contribution in [2.24, 2.45) is 28.9 Å². The Kier molecular flexibility index (Phi) is 4.16. The zero-order chi connectivity index (χ0) is 18.6. The summed E-state index contributed by atoms with van der Waals surface area (Å²) < 4.78 is 0. The van der Waals surface area contributed by atoms with Gasteiger partial charge < -0.3 is 11.1 Å². The Hall–Kier alpha value is -1.35. The predicted molar refractivity (Wildman–Crippen MR) is 108 cm³/mol. The van der Waals surface area contributed by atoms with Gasteiger partial charge in [0.15, 0.2) is 0 Å². The molecule has 0 heterocycles. The lowest BCUT2D eigenvalue weighted by Crippen LogP contribution is -2.60. The Labute approximate surface area is 163 Å². The highest BCUT2D eigenvalue weighted by Gasteiger charge is 2.61. The molecule has 0 saturated heterocycles. The summed E-state index contributed by atoms with van der Waals surface area (Å²) in [4.78, 5) is 13.3. The third-order valence-electron chi connectivity index (χ3n) is 8.40. The molecule has 0 spiro atoms. The van der Waals surface area contributed by atoms with Crippen molar-refractivity contribution >= 4 is 5.91 Å². The summed E-state index contributed by atoms with van der Waals surface area (Å²) in [6, 6.07) is 11.9. The molecule has 5 aliphatic carbocycles. The summed E-state index contributed by atoms with van der Waals surface area (Å²) in [5.41, 5.74) is 8.30. The molecule has 5 saturated carbocycles. The Morgan fingerprint density at radius 2 is 1.63 bits per heavy atom. The van der Waals surface area contributed by atoms with Crippen LogP contribution in [0.4, 0.5) is 0 Å². The van der Waals surface area contributed by atoms with Gasteiger partial charge in [0.2, 0.25) is 5.91 Å². The Bertz CT molecular complexity index is 690. The smallest absolute Gasteiger partial charge is 0.223 e. The van der Waals surface area contributed by atoms with Crippen molar-refractivity contribution in [3.63, 3.8) is 0 Å². The van der Waals surface area contributed by atoms with Crippen molar-refractivity contribution in [3.05, 3.63) is 35.9 Å². The zero-order valence-electron chi connectivity index (χ0n) is 16.6. The predicted octanol–water partition coefficient (Wildman–Crippen LogP) is 4.16. The second kappa shape index (κ2) is 6.34. The molecule has 27 heavy (non-hydrogen) atoms. The van der Waals surface area contributed by atoms with Gasteiger partial charge in [0.05, 0.1) is 0 Å². The molecule has 146 valence electrons. The second-order valence-electron chi connectivity index (χ2n) is 10.6. The molecule has 2 atom stereocenters. The number of rotatable bonds is 3. The van der Waals surface area contributed by atoms with Gasteiger partial charge in [-0.1, -0.05) is 37.3 Å². The molecule has 0 aromatic heterocycles. The SMILES string of the molecule is CC12CC3CC(c4ccccc4)(CC(C1)C3C(=O)NC1CCC(N)CC1)C2. The molecule has 6 rings (SSSR count). The number of carbonyl (C=O) groups is 1. The fourth-order valence-corrected chi connectivity index (χ4v) is 7.70. The van der Waals surface area contributed by atoms with E-state index in [9.17, 15) is 4.79 Å². The van der Waals surface area contributed by atoms with E-state index in [1.54, 1.807) is 0 Å². The lowest BCUT2D eigenvalue weighted by Gasteiger charge is -2.64. The molecule has 1 aromatic rings. The standard InChI is InChI=1S/C24H34N2O/c1-23-11-16-13-24(15-23,18-5-3-2-4-6-18)14-17(12-23)21(16)22(27)26-20-9-7-19(25)8-10-20/h2-6,16-17,19-21H,7-15,25H2,1H3,(H,26,27). The van der Waals surface area contributed by atoms with Gasteiger partial charge in [-0.25, -0.2) is 0 Å². The van der Waals surface area contributed by atoms with Crippen molar-refractivity contribution in [1.29, 1.82) is 0 Å². The molecule has 0 radical (unpaired) electrons. The number of carbonyl (C=O) groups excluding carboxylic acids is 1. The summed E-state index contributed by atoms with van der Waals surface area (Å²) in [5.74, 6) is 1.71. The van der Waals surface area contributed by atoms with Crippen LogP contribution in [0.3, 0.4) is 0 Å². The minimum atomic E-state index is 0.241. The van der Waals surface area contributed by atoms with Gasteiger partial charge in [-0.05, 0) is 86.0 Å². The van der Waals surface area contributed by atoms with Crippen LogP contribution in [-0.4, -0.2) is 18.0 Å². The second-order valence-corrected chi connectivity index (χ2v) is 10.6. The van der Waals surface area contributed by atoms with Crippen LogP contribution in [0, 0.1) is 23.2 Å². The zero-order valence-corrected chi connectivity index (χ0v) is 16.6. The molecule has 0 aliphatic heterocycles. The molecule has 5 aliphatic rings. The summed E-state index contributed by atoms with van der Waals surface area (Å²) in [5, 5.41) is 3.44. The molecule has 4 bridgehead atoms. The van der Waals surface area contributed by atoms with Crippen molar-refractivity contribution in [1.82, 2.24) is 5.32 Å². The van der Waals surface area contributed by atoms with Gasteiger partial charge in [-0.15, -0.1) is 0 Å². The van der Waals surface area contributed by atoms with Crippen molar-refractivity contribution < 1.29 is 4.79 Å². The third-order valence-corrected chi connectivity index (χ3v) is 8.40. The topological polar surface area (TPSA) is 55.1 Å². The van der Waals surface area contributed by atoms with Crippen molar-refractivity contribution in [3.8, 4) is 0 Å². The first kappa shape index (κ1) is 17.7. The van der Waals surface area contributed by atoms with Crippen LogP contribution < -0.4 is 11.1 Å². The lowest BCUT2D eigenvalue weighted by atomic mass is 9.40.